The molecule has 0 aliphatic carbocycles. The molecule has 0 saturated carbocycles. The third kappa shape index (κ3) is 2.08. The lowest BCUT2D eigenvalue weighted by Crippen LogP contribution is -2.31. The van der Waals surface area contributed by atoms with Crippen molar-refractivity contribution in [1.82, 2.24) is 4.90 Å². The molecule has 0 saturated heterocycles. The van der Waals surface area contributed by atoms with Crippen LogP contribution >= 0.6 is 0 Å². The van der Waals surface area contributed by atoms with Gasteiger partial charge in [-0.25, -0.2) is 14.0 Å². The van der Waals surface area contributed by atoms with E-state index in [0.29, 0.717) is 5.11 Å². The van der Waals surface area contributed by atoms with Crippen LogP contribution in [0.2, 0.25) is 0 Å². The van der Waals surface area contributed by atoms with Crippen LogP contribution in [0.5, 0.6) is 0 Å². The Balaban J connectivity index is 2.49. The molecular weight excluding hydrogens is 252 g/mol. The van der Waals surface area contributed by atoms with E-state index in [9.17, 15) is 9.00 Å². The van der Waals surface area contributed by atoms with Gasteiger partial charge < -0.3 is 10.0 Å². The fourth-order valence-electron chi connectivity index (χ4n) is 2.05. The minimum Gasteiger partial charge on any atom is -0.477 e. The smallest absolute Gasteiger partial charge is 0.346 e. The molecule has 0 atom stereocenters. The maximum Gasteiger partial charge on any atom is 0.346 e. The lowest BCUT2D eigenvalue weighted by Gasteiger charge is -2.22. The molecule has 0 amide bonds. The summed E-state index contributed by atoms with van der Waals surface area (Å²) in [7, 11) is -1.62. The number of carboxylic acids is 1. The summed E-state index contributed by atoms with van der Waals surface area (Å²) in [4.78, 5) is 17.1. The molecule has 98 valence electrons. The highest BCUT2D eigenvalue weighted by Gasteiger charge is 2.28. The third-order valence-corrected chi connectivity index (χ3v) is 4.38. The first kappa shape index (κ1) is 12.9. The molecule has 0 aromatic rings. The highest BCUT2D eigenvalue weighted by atomic mass is 32.1. The maximum absolute atomic E-state index is 12.0. The lowest BCUT2D eigenvalue weighted by molar-refractivity contribution is -0.129. The van der Waals surface area contributed by atoms with Crippen LogP contribution in [0.4, 0.5) is 0 Å². The summed E-state index contributed by atoms with van der Waals surface area (Å²) in [5.74, 6) is -1.10. The van der Waals surface area contributed by atoms with E-state index >= 15 is 0 Å². The van der Waals surface area contributed by atoms with Gasteiger partial charge in [-0.2, -0.15) is 0 Å². The molecule has 1 N–H and O–H groups in total. The van der Waals surface area contributed by atoms with Crippen LogP contribution in [0.1, 0.15) is 33.1 Å². The Bertz CT molecular complexity index is 599. The van der Waals surface area contributed by atoms with Crippen LogP contribution < -0.4 is 0 Å². The summed E-state index contributed by atoms with van der Waals surface area (Å²) < 4.78 is 12.0. The summed E-state index contributed by atoms with van der Waals surface area (Å²) in [5.41, 5.74) is 2.04. The van der Waals surface area contributed by atoms with Gasteiger partial charge in [0.2, 0.25) is 5.11 Å². The summed E-state index contributed by atoms with van der Waals surface area (Å²) >= 11 is 0. The van der Waals surface area contributed by atoms with Crippen molar-refractivity contribution in [1.29, 1.82) is 0 Å². The Morgan fingerprint density at radius 3 is 2.83 bits per heavy atom. The van der Waals surface area contributed by atoms with E-state index in [2.05, 4.69) is 11.9 Å². The molecule has 6 heteroatoms. The van der Waals surface area contributed by atoms with Crippen molar-refractivity contribution >= 4 is 31.6 Å². The van der Waals surface area contributed by atoms with E-state index in [1.54, 1.807) is 4.90 Å². The van der Waals surface area contributed by atoms with Gasteiger partial charge in [-0.15, -0.1) is 0 Å². The number of hydrogen-bond acceptors (Lipinski definition) is 4. The Morgan fingerprint density at radius 1 is 1.56 bits per heavy atom. The van der Waals surface area contributed by atoms with E-state index in [0.717, 1.165) is 30.5 Å². The highest BCUT2D eigenvalue weighted by molar-refractivity contribution is 7.86. The molecule has 0 radical (unpaired) electrons. The van der Waals surface area contributed by atoms with Crippen LogP contribution in [0.25, 0.3) is 0 Å². The Labute approximate surface area is 107 Å². The van der Waals surface area contributed by atoms with Crippen LogP contribution in [0, 0.1) is 0 Å². The first-order valence-corrected chi connectivity index (χ1v) is 7.16. The zero-order chi connectivity index (χ0) is 13.3. The van der Waals surface area contributed by atoms with E-state index in [4.69, 9.17) is 5.11 Å². The summed E-state index contributed by atoms with van der Waals surface area (Å²) in [6, 6.07) is 0. The van der Waals surface area contributed by atoms with Gasteiger partial charge in [0.1, 0.15) is 4.86 Å². The van der Waals surface area contributed by atoms with Gasteiger partial charge in [0, 0.05) is 11.9 Å². The van der Waals surface area contributed by atoms with Gasteiger partial charge in [-0.1, -0.05) is 20.3 Å². The van der Waals surface area contributed by atoms with Crippen molar-refractivity contribution < 1.29 is 14.1 Å². The fraction of sp³-hybridized carbons (Fsp3) is 0.500. The van der Waals surface area contributed by atoms with E-state index < -0.39 is 15.9 Å². The second-order valence-corrected chi connectivity index (χ2v) is 5.62. The molecule has 5 nitrogen and oxygen atoms in total. The molecule has 18 heavy (non-hydrogen) atoms. The van der Waals surface area contributed by atoms with Crippen LogP contribution in [0.3, 0.4) is 0 Å². The predicted octanol–water partition coefficient (Wildman–Crippen LogP) is 0.944. The first-order chi connectivity index (χ1) is 8.58. The van der Waals surface area contributed by atoms with Gasteiger partial charge in [0.25, 0.3) is 0 Å². The van der Waals surface area contributed by atoms with E-state index in [-0.39, 0.29) is 11.4 Å². The van der Waals surface area contributed by atoms with E-state index in [1.165, 1.54) is 0 Å². The standard InChI is InChI=1S/C12H16N2O3S/c1-3-5-9-8(4-2)6-14-7-10(11(15)16)18(17)12(14)13-9/h6H,3-5,7H2,1-2H3,(H,15,16). The lowest BCUT2D eigenvalue weighted by atomic mass is 10.0. The molecule has 0 spiro atoms. The Hall–Kier alpha value is -1.56. The van der Waals surface area contributed by atoms with Crippen LogP contribution in [-0.2, 0) is 14.8 Å². The number of aliphatic carboxylic acids is 1. The van der Waals surface area contributed by atoms with E-state index in [1.807, 2.05) is 13.1 Å². The quantitative estimate of drug-likeness (QED) is 0.770. The maximum atomic E-state index is 12.0. The number of nitrogens with zero attached hydrogens (tertiary/aromatic N) is 2. The molecule has 0 aromatic carbocycles. The average Bonchev–Trinajstić information content (AvgIpc) is 2.66. The Morgan fingerprint density at radius 2 is 2.28 bits per heavy atom. The normalized spacial score (nSPS) is 18.8. The summed E-state index contributed by atoms with van der Waals surface area (Å²) in [5, 5.41) is 9.35. The van der Waals surface area contributed by atoms with Crippen molar-refractivity contribution in [2.45, 2.75) is 33.1 Å². The van der Waals surface area contributed by atoms with Crippen molar-refractivity contribution in [3.8, 4) is 0 Å². The molecule has 2 aliphatic rings. The first-order valence-electron chi connectivity index (χ1n) is 6.01. The molecule has 2 heterocycles. The molecule has 2 aliphatic heterocycles. The van der Waals surface area contributed by atoms with Crippen molar-refractivity contribution in [3.05, 3.63) is 11.8 Å². The van der Waals surface area contributed by atoms with Gasteiger partial charge in [0.15, 0.2) is 0 Å². The van der Waals surface area contributed by atoms with Gasteiger partial charge in [0.05, 0.1) is 16.5 Å². The number of hydrogen-bond donors (Lipinski definition) is 1. The zero-order valence-electron chi connectivity index (χ0n) is 10.5. The van der Waals surface area contributed by atoms with Crippen molar-refractivity contribution in [3.63, 3.8) is 0 Å². The minimum absolute atomic E-state index is 0.0122. The molecule has 0 unspecified atom stereocenters. The second-order valence-electron chi connectivity index (χ2n) is 4.22. The number of fused-ring (bicyclic) bond motifs is 1. The average molecular weight is 268 g/mol. The van der Waals surface area contributed by atoms with Crippen molar-refractivity contribution in [2.75, 3.05) is 6.54 Å². The highest BCUT2D eigenvalue weighted by Crippen LogP contribution is 2.18. The monoisotopic (exact) mass is 268 g/mol. The molecule has 0 aromatic heterocycles. The third-order valence-electron chi connectivity index (χ3n) is 2.97. The number of carboxylic acid groups (broad SMARTS) is 1. The number of aliphatic imine (C=N–C) groups is 1. The topological polar surface area (TPSA) is 70.0 Å². The van der Waals surface area contributed by atoms with Gasteiger partial charge in [-0.05, 0) is 18.4 Å². The van der Waals surface area contributed by atoms with Crippen LogP contribution in [0.15, 0.2) is 16.8 Å². The number of carbonyl (C=O) groups is 1. The molecule has 2 rings (SSSR count). The number of rotatable bonds is 4. The predicted molar refractivity (Wildman–Crippen MR) is 73.2 cm³/mol. The SMILES string of the molecule is CCCC1=NC2=S(=O)=C(C(=O)O)CN2C=C1CC. The molecule has 0 bridgehead atoms. The van der Waals surface area contributed by atoms with Crippen molar-refractivity contribution in [2.24, 2.45) is 4.99 Å². The summed E-state index contributed by atoms with van der Waals surface area (Å²) in [6.45, 7) is 4.27. The fourth-order valence-corrected chi connectivity index (χ4v) is 3.21. The Kier molecular flexibility index (Phi) is 3.56. The summed E-state index contributed by atoms with van der Waals surface area (Å²) in [6.07, 6.45) is 4.53. The molecule has 0 fully saturated rings. The zero-order valence-corrected chi connectivity index (χ0v) is 11.3. The van der Waals surface area contributed by atoms with Gasteiger partial charge >= 0.3 is 5.97 Å². The minimum atomic E-state index is -1.62. The second kappa shape index (κ2) is 4.97. The van der Waals surface area contributed by atoms with Crippen LogP contribution in [-0.4, -0.2) is 42.4 Å². The molecular formula is C12H16N2O3S. The largest absolute Gasteiger partial charge is 0.477 e. The van der Waals surface area contributed by atoms with Gasteiger partial charge in [-0.3, -0.25) is 0 Å². The number of allylic oxidation sites excluding steroid dienone is 1.